The Morgan fingerprint density at radius 1 is 0.826 bits per heavy atom. The van der Waals surface area contributed by atoms with Crippen molar-refractivity contribution < 1.29 is 28.5 Å². The molecule has 0 atom stereocenters. The summed E-state index contributed by atoms with van der Waals surface area (Å²) in [5, 5.41) is 2.72. The Labute approximate surface area is 139 Å². The van der Waals surface area contributed by atoms with Crippen LogP contribution in [0, 0.1) is 0 Å². The molecule has 0 radical (unpaired) electrons. The van der Waals surface area contributed by atoms with Crippen LogP contribution in [-0.2, 0) is 28.5 Å². The van der Waals surface area contributed by atoms with Crippen molar-refractivity contribution in [3.63, 3.8) is 0 Å². The maximum atomic E-state index is 11.3. The van der Waals surface area contributed by atoms with Crippen LogP contribution in [-0.4, -0.2) is 78.0 Å². The molecule has 0 aliphatic carbocycles. The van der Waals surface area contributed by atoms with Crippen LogP contribution in [0.15, 0.2) is 0 Å². The lowest BCUT2D eigenvalue weighted by atomic mass is 10.5. The zero-order valence-electron chi connectivity index (χ0n) is 14.8. The topological polar surface area (TPSA) is 75.3 Å². The second-order valence-corrected chi connectivity index (χ2v) is 5.16. The van der Waals surface area contributed by atoms with Gasteiger partial charge in [0.1, 0.15) is 6.61 Å². The van der Waals surface area contributed by atoms with Crippen LogP contribution in [0.25, 0.3) is 0 Å². The van der Waals surface area contributed by atoms with Crippen molar-refractivity contribution in [3.05, 3.63) is 0 Å². The van der Waals surface area contributed by atoms with Crippen LogP contribution in [0.3, 0.4) is 0 Å². The monoisotopic (exact) mass is 335 g/mol. The van der Waals surface area contributed by atoms with Gasteiger partial charge in [0.05, 0.1) is 52.4 Å². The van der Waals surface area contributed by atoms with Crippen molar-refractivity contribution in [2.75, 3.05) is 66.0 Å². The van der Waals surface area contributed by atoms with Gasteiger partial charge in [-0.1, -0.05) is 6.92 Å². The highest BCUT2D eigenvalue weighted by Gasteiger charge is 2.02. The fourth-order valence-electron chi connectivity index (χ4n) is 1.46. The van der Waals surface area contributed by atoms with Crippen molar-refractivity contribution in [3.8, 4) is 0 Å². The highest BCUT2D eigenvalue weighted by molar-refractivity contribution is 5.77. The smallest absolute Gasteiger partial charge is 0.246 e. The molecule has 1 amide bonds. The van der Waals surface area contributed by atoms with E-state index in [4.69, 9.17) is 23.7 Å². The number of hydrogen-bond acceptors (Lipinski definition) is 6. The van der Waals surface area contributed by atoms with E-state index in [2.05, 4.69) is 12.2 Å². The van der Waals surface area contributed by atoms with Crippen LogP contribution in [0.1, 0.15) is 27.2 Å². The van der Waals surface area contributed by atoms with E-state index < -0.39 is 0 Å². The van der Waals surface area contributed by atoms with Crippen molar-refractivity contribution in [1.82, 2.24) is 5.32 Å². The van der Waals surface area contributed by atoms with Gasteiger partial charge in [0, 0.05) is 13.2 Å². The van der Waals surface area contributed by atoms with Crippen molar-refractivity contribution in [2.24, 2.45) is 0 Å². The average Bonchev–Trinajstić information content (AvgIpc) is 2.53. The minimum absolute atomic E-state index is 0.0574. The summed E-state index contributed by atoms with van der Waals surface area (Å²) in [6.07, 6.45) is 1.08. The largest absolute Gasteiger partial charge is 0.379 e. The van der Waals surface area contributed by atoms with Crippen LogP contribution < -0.4 is 5.32 Å². The van der Waals surface area contributed by atoms with Gasteiger partial charge in [-0.25, -0.2) is 0 Å². The van der Waals surface area contributed by atoms with Crippen LogP contribution in [0.5, 0.6) is 0 Å². The van der Waals surface area contributed by atoms with Crippen LogP contribution in [0.4, 0.5) is 0 Å². The molecule has 0 saturated heterocycles. The predicted octanol–water partition coefficient (Wildman–Crippen LogP) is 1.00. The molecule has 0 saturated carbocycles. The lowest BCUT2D eigenvalue weighted by Gasteiger charge is -2.09. The Balaban J connectivity index is 3.09. The summed E-state index contributed by atoms with van der Waals surface area (Å²) in [6.45, 7) is 11.0. The summed E-state index contributed by atoms with van der Waals surface area (Å²) >= 11 is 0. The summed E-state index contributed by atoms with van der Waals surface area (Å²) in [5.41, 5.74) is 0. The van der Waals surface area contributed by atoms with Crippen LogP contribution >= 0.6 is 0 Å². The van der Waals surface area contributed by atoms with E-state index in [1.807, 2.05) is 13.8 Å². The Hall–Kier alpha value is -0.730. The summed E-state index contributed by atoms with van der Waals surface area (Å²) in [5.74, 6) is -0.126. The molecule has 138 valence electrons. The second kappa shape index (κ2) is 17.6. The Kier molecular flexibility index (Phi) is 17.1. The molecule has 0 aliphatic rings. The molecular weight excluding hydrogens is 302 g/mol. The predicted molar refractivity (Wildman–Crippen MR) is 87.7 cm³/mol. The minimum atomic E-state index is -0.126. The highest BCUT2D eigenvalue weighted by Crippen LogP contribution is 1.86. The molecule has 0 spiro atoms. The lowest BCUT2D eigenvalue weighted by Crippen LogP contribution is -2.31. The molecule has 0 aromatic rings. The van der Waals surface area contributed by atoms with Crippen molar-refractivity contribution >= 4 is 5.91 Å². The molecule has 1 N–H and O–H groups in total. The third kappa shape index (κ3) is 19.2. The SMILES string of the molecule is CCCOCCOCCOCCOCCNC(=O)COC(C)C. The standard InChI is InChI=1S/C16H33NO6/c1-4-6-19-8-10-21-12-13-22-11-9-20-7-5-17-16(18)14-23-15(2)3/h15H,4-14H2,1-3H3,(H,17,18). The molecular formula is C16H33NO6. The van der Waals surface area contributed by atoms with Gasteiger partial charge in [-0.05, 0) is 20.3 Å². The maximum Gasteiger partial charge on any atom is 0.246 e. The summed E-state index contributed by atoms with van der Waals surface area (Å²) < 4.78 is 26.5. The molecule has 0 rings (SSSR count). The second-order valence-electron chi connectivity index (χ2n) is 5.16. The molecule has 0 aromatic carbocycles. The number of carbonyl (C=O) groups excluding carboxylic acids is 1. The van der Waals surface area contributed by atoms with Gasteiger partial charge in [-0.2, -0.15) is 0 Å². The van der Waals surface area contributed by atoms with E-state index in [9.17, 15) is 4.79 Å². The first-order valence-corrected chi connectivity index (χ1v) is 8.36. The molecule has 23 heavy (non-hydrogen) atoms. The average molecular weight is 335 g/mol. The van der Waals surface area contributed by atoms with Crippen LogP contribution in [0.2, 0.25) is 0 Å². The highest BCUT2D eigenvalue weighted by atomic mass is 16.6. The zero-order valence-corrected chi connectivity index (χ0v) is 14.8. The van der Waals surface area contributed by atoms with Gasteiger partial charge in [-0.15, -0.1) is 0 Å². The molecule has 0 unspecified atom stereocenters. The molecule has 7 nitrogen and oxygen atoms in total. The number of rotatable bonds is 17. The molecule has 7 heteroatoms. The Bertz CT molecular complexity index is 263. The summed E-state index contributed by atoms with van der Waals surface area (Å²) in [4.78, 5) is 11.3. The number of amides is 1. The molecule has 0 aliphatic heterocycles. The fourth-order valence-corrected chi connectivity index (χ4v) is 1.46. The van der Waals surface area contributed by atoms with E-state index in [0.717, 1.165) is 13.0 Å². The number of carbonyl (C=O) groups is 1. The molecule has 0 fully saturated rings. The van der Waals surface area contributed by atoms with E-state index in [0.29, 0.717) is 52.8 Å². The first-order chi connectivity index (χ1) is 11.2. The van der Waals surface area contributed by atoms with E-state index in [-0.39, 0.29) is 18.6 Å². The molecule has 0 bridgehead atoms. The number of ether oxygens (including phenoxy) is 5. The minimum Gasteiger partial charge on any atom is -0.379 e. The third-order valence-corrected chi connectivity index (χ3v) is 2.58. The molecule has 0 aromatic heterocycles. The normalized spacial score (nSPS) is 11.1. The lowest BCUT2D eigenvalue weighted by molar-refractivity contribution is -0.127. The quantitative estimate of drug-likeness (QED) is 0.400. The van der Waals surface area contributed by atoms with Gasteiger partial charge >= 0.3 is 0 Å². The van der Waals surface area contributed by atoms with Crippen molar-refractivity contribution in [2.45, 2.75) is 33.3 Å². The zero-order chi connectivity index (χ0) is 17.2. The Morgan fingerprint density at radius 3 is 1.78 bits per heavy atom. The van der Waals surface area contributed by atoms with E-state index in [1.54, 1.807) is 0 Å². The first-order valence-electron chi connectivity index (χ1n) is 8.36. The first kappa shape index (κ1) is 22.3. The third-order valence-electron chi connectivity index (χ3n) is 2.58. The fraction of sp³-hybridized carbons (Fsp3) is 0.938. The summed E-state index contributed by atoms with van der Waals surface area (Å²) in [7, 11) is 0. The Morgan fingerprint density at radius 2 is 1.30 bits per heavy atom. The van der Waals surface area contributed by atoms with Gasteiger partial charge < -0.3 is 29.0 Å². The number of hydrogen-bond donors (Lipinski definition) is 1. The number of nitrogens with one attached hydrogen (secondary N) is 1. The van der Waals surface area contributed by atoms with Crippen molar-refractivity contribution in [1.29, 1.82) is 0 Å². The van der Waals surface area contributed by atoms with Gasteiger partial charge in [-0.3, -0.25) is 4.79 Å². The van der Waals surface area contributed by atoms with Gasteiger partial charge in [0.25, 0.3) is 0 Å². The van der Waals surface area contributed by atoms with Gasteiger partial charge in [0.2, 0.25) is 5.91 Å². The van der Waals surface area contributed by atoms with Gasteiger partial charge in [0.15, 0.2) is 0 Å². The van der Waals surface area contributed by atoms with E-state index in [1.165, 1.54) is 0 Å². The summed E-state index contributed by atoms with van der Waals surface area (Å²) in [6, 6.07) is 0. The maximum absolute atomic E-state index is 11.3. The van der Waals surface area contributed by atoms with E-state index >= 15 is 0 Å². The molecule has 0 heterocycles.